The molecular formula is C12H23NaO4. The standard InChI is InChI=1S/C12H22O4.Na.H/c1-4-6-7-8-9(5-2)12(3,10(13)14)11(15)16;;/h9H,4-8H2,1-3H3,(H,13,14)(H,15,16);;. The van der Waals surface area contributed by atoms with Gasteiger partial charge in [-0.15, -0.1) is 0 Å². The molecule has 0 amide bonds. The van der Waals surface area contributed by atoms with E-state index in [1.54, 1.807) is 0 Å². The zero-order valence-electron chi connectivity index (χ0n) is 10.3. The number of hydrogen-bond acceptors (Lipinski definition) is 2. The third-order valence-electron chi connectivity index (χ3n) is 3.35. The molecule has 1 atom stereocenters. The first-order chi connectivity index (χ1) is 7.41. The Bertz CT molecular complexity index is 239. The Kier molecular flexibility index (Phi) is 10.2. The molecular weight excluding hydrogens is 231 g/mol. The maximum absolute atomic E-state index is 11.1. The van der Waals surface area contributed by atoms with Gasteiger partial charge in [0.1, 0.15) is 0 Å². The first kappa shape index (κ1) is 19.3. The Balaban J connectivity index is 0. The van der Waals surface area contributed by atoms with Crippen molar-refractivity contribution in [1.82, 2.24) is 0 Å². The minimum atomic E-state index is -1.65. The van der Waals surface area contributed by atoms with Crippen molar-refractivity contribution in [3.05, 3.63) is 0 Å². The molecule has 0 rings (SSSR count). The molecule has 1 unspecified atom stereocenters. The SMILES string of the molecule is CCCCCC(CC)C(C)(C(=O)O)C(=O)O.[NaH]. The molecule has 0 aliphatic heterocycles. The number of rotatable bonds is 8. The summed E-state index contributed by atoms with van der Waals surface area (Å²) < 4.78 is 0. The normalized spacial score (nSPS) is 12.6. The van der Waals surface area contributed by atoms with Crippen molar-refractivity contribution in [1.29, 1.82) is 0 Å². The molecule has 5 heteroatoms. The van der Waals surface area contributed by atoms with Crippen molar-refractivity contribution in [2.75, 3.05) is 0 Å². The number of carboxylic acids is 2. The van der Waals surface area contributed by atoms with Crippen molar-refractivity contribution >= 4 is 41.5 Å². The zero-order valence-corrected chi connectivity index (χ0v) is 10.3. The van der Waals surface area contributed by atoms with E-state index in [1.165, 1.54) is 6.92 Å². The molecule has 0 aromatic carbocycles. The van der Waals surface area contributed by atoms with Gasteiger partial charge in [-0.1, -0.05) is 39.5 Å². The van der Waals surface area contributed by atoms with Crippen LogP contribution >= 0.6 is 0 Å². The number of carboxylic acid groups (broad SMARTS) is 2. The summed E-state index contributed by atoms with van der Waals surface area (Å²) in [5.74, 6) is -2.76. The molecule has 0 fully saturated rings. The molecule has 96 valence electrons. The van der Waals surface area contributed by atoms with Crippen LogP contribution < -0.4 is 0 Å². The number of hydrogen-bond donors (Lipinski definition) is 2. The van der Waals surface area contributed by atoms with Gasteiger partial charge < -0.3 is 10.2 Å². The molecule has 0 aliphatic carbocycles. The van der Waals surface area contributed by atoms with Gasteiger partial charge in [0.2, 0.25) is 0 Å². The molecule has 0 aliphatic rings. The van der Waals surface area contributed by atoms with Gasteiger partial charge in [0.25, 0.3) is 0 Å². The van der Waals surface area contributed by atoms with Gasteiger partial charge >= 0.3 is 41.5 Å². The minimum absolute atomic E-state index is 0. The second-order valence-electron chi connectivity index (χ2n) is 4.41. The maximum atomic E-state index is 11.1. The van der Waals surface area contributed by atoms with Crippen LogP contribution in [-0.4, -0.2) is 51.7 Å². The predicted molar refractivity (Wildman–Crippen MR) is 68.5 cm³/mol. The average Bonchev–Trinajstić information content (AvgIpc) is 2.23. The quantitative estimate of drug-likeness (QED) is 0.395. The molecule has 0 saturated carbocycles. The van der Waals surface area contributed by atoms with Crippen molar-refractivity contribution < 1.29 is 19.8 Å². The Morgan fingerprint density at radius 2 is 1.59 bits per heavy atom. The van der Waals surface area contributed by atoms with E-state index in [2.05, 4.69) is 6.92 Å². The summed E-state index contributed by atoms with van der Waals surface area (Å²) in [4.78, 5) is 22.2. The van der Waals surface area contributed by atoms with E-state index in [0.717, 1.165) is 19.3 Å². The van der Waals surface area contributed by atoms with Gasteiger partial charge in [0, 0.05) is 0 Å². The fourth-order valence-electron chi connectivity index (χ4n) is 1.98. The second-order valence-corrected chi connectivity index (χ2v) is 4.41. The first-order valence-corrected chi connectivity index (χ1v) is 5.87. The van der Waals surface area contributed by atoms with Crippen molar-refractivity contribution in [2.24, 2.45) is 11.3 Å². The summed E-state index contributed by atoms with van der Waals surface area (Å²) in [5, 5.41) is 18.2. The third-order valence-corrected chi connectivity index (χ3v) is 3.35. The van der Waals surface area contributed by atoms with Crippen LogP contribution in [0.5, 0.6) is 0 Å². The zero-order chi connectivity index (χ0) is 12.8. The summed E-state index contributed by atoms with van der Waals surface area (Å²) in [6, 6.07) is 0. The summed E-state index contributed by atoms with van der Waals surface area (Å²) in [5.41, 5.74) is -1.65. The average molecular weight is 254 g/mol. The molecule has 0 bridgehead atoms. The van der Waals surface area contributed by atoms with E-state index >= 15 is 0 Å². The van der Waals surface area contributed by atoms with Gasteiger partial charge in [0.05, 0.1) is 0 Å². The number of aliphatic carboxylic acids is 2. The van der Waals surface area contributed by atoms with Gasteiger partial charge in [-0.25, -0.2) is 0 Å². The van der Waals surface area contributed by atoms with Crippen LogP contribution in [0.15, 0.2) is 0 Å². The predicted octanol–water partition coefficient (Wildman–Crippen LogP) is 2.12. The van der Waals surface area contributed by atoms with Crippen LogP contribution in [-0.2, 0) is 9.59 Å². The van der Waals surface area contributed by atoms with E-state index < -0.39 is 17.4 Å². The van der Waals surface area contributed by atoms with Crippen molar-refractivity contribution in [2.45, 2.75) is 52.9 Å². The van der Waals surface area contributed by atoms with Crippen LogP contribution in [0.2, 0.25) is 0 Å². The summed E-state index contributed by atoms with van der Waals surface area (Å²) in [6.07, 6.45) is 4.21. The van der Waals surface area contributed by atoms with Crippen LogP contribution in [0.25, 0.3) is 0 Å². The first-order valence-electron chi connectivity index (χ1n) is 5.87. The molecule has 0 aromatic rings. The Labute approximate surface area is 125 Å². The molecule has 0 heterocycles. The Morgan fingerprint density at radius 3 is 1.88 bits per heavy atom. The molecule has 2 N–H and O–H groups in total. The van der Waals surface area contributed by atoms with E-state index in [-0.39, 0.29) is 35.5 Å². The topological polar surface area (TPSA) is 74.6 Å². The summed E-state index contributed by atoms with van der Waals surface area (Å²) in [7, 11) is 0. The van der Waals surface area contributed by atoms with E-state index in [0.29, 0.717) is 12.8 Å². The van der Waals surface area contributed by atoms with E-state index in [1.807, 2.05) is 6.92 Å². The van der Waals surface area contributed by atoms with Crippen LogP contribution in [0.3, 0.4) is 0 Å². The molecule has 0 spiro atoms. The van der Waals surface area contributed by atoms with Gasteiger partial charge in [-0.05, 0) is 19.3 Å². The Hall–Kier alpha value is -0.0600. The van der Waals surface area contributed by atoms with Crippen molar-refractivity contribution in [3.8, 4) is 0 Å². The number of unbranched alkanes of at least 4 members (excludes halogenated alkanes) is 2. The van der Waals surface area contributed by atoms with E-state index in [9.17, 15) is 9.59 Å². The fraction of sp³-hybridized carbons (Fsp3) is 0.833. The summed E-state index contributed by atoms with van der Waals surface area (Å²) in [6.45, 7) is 5.23. The Morgan fingerprint density at radius 1 is 1.12 bits per heavy atom. The number of carbonyl (C=O) groups is 2. The molecule has 17 heavy (non-hydrogen) atoms. The molecule has 0 radical (unpaired) electrons. The van der Waals surface area contributed by atoms with Gasteiger partial charge in [-0.2, -0.15) is 0 Å². The van der Waals surface area contributed by atoms with E-state index in [4.69, 9.17) is 10.2 Å². The van der Waals surface area contributed by atoms with Crippen LogP contribution in [0.4, 0.5) is 0 Å². The monoisotopic (exact) mass is 254 g/mol. The molecule has 0 saturated heterocycles. The molecule has 0 aromatic heterocycles. The molecule has 4 nitrogen and oxygen atoms in total. The fourth-order valence-corrected chi connectivity index (χ4v) is 1.98. The van der Waals surface area contributed by atoms with Gasteiger partial charge in [-0.3, -0.25) is 9.59 Å². The van der Waals surface area contributed by atoms with Crippen LogP contribution in [0.1, 0.15) is 52.9 Å². The second kappa shape index (κ2) is 8.95. The van der Waals surface area contributed by atoms with Crippen molar-refractivity contribution in [3.63, 3.8) is 0 Å². The summed E-state index contributed by atoms with van der Waals surface area (Å²) >= 11 is 0. The third kappa shape index (κ3) is 4.98. The van der Waals surface area contributed by atoms with Gasteiger partial charge in [0.15, 0.2) is 5.41 Å². The van der Waals surface area contributed by atoms with Crippen LogP contribution in [0, 0.1) is 11.3 Å².